The molecule has 4 aliphatic heterocycles. The number of aliphatic hydroxyl groups excluding tert-OH is 2. The zero-order valence-corrected chi connectivity index (χ0v) is 40.1. The lowest BCUT2D eigenvalue weighted by Gasteiger charge is -2.47. The van der Waals surface area contributed by atoms with E-state index in [0.29, 0.717) is 69.4 Å². The van der Waals surface area contributed by atoms with Gasteiger partial charge in [-0.2, -0.15) is 0 Å². The SMILES string of the molecule is C/C1=C\[C@@H](C)C(=O)C[C@@H]([C@H](C)C[C@@H]2CC[C@@H](O)[C@H](C)C2)OC(=O)C2CCCCN2C(=O)C2(CO2)[C@]2(O)O[C@@H](CC[C@H]2C)C[C@H](C)/C(C)=C/C=C/C=C/[C@@H](C)C[C@@H](C)C(=O)[C@H](C)[C@@H]1O. The summed E-state index contributed by atoms with van der Waals surface area (Å²) < 4.78 is 18.9. The molecule has 16 atom stereocenters. The minimum absolute atomic E-state index is 0.0168. The van der Waals surface area contributed by atoms with Crippen molar-refractivity contribution in [3.63, 3.8) is 0 Å². The van der Waals surface area contributed by atoms with Crippen LogP contribution in [0.5, 0.6) is 0 Å². The molecule has 5 rings (SSSR count). The van der Waals surface area contributed by atoms with Gasteiger partial charge in [-0.25, -0.2) is 4.79 Å². The van der Waals surface area contributed by atoms with Crippen LogP contribution < -0.4 is 0 Å². The highest BCUT2D eigenvalue weighted by Crippen LogP contribution is 2.51. The molecular formula is C52H81NO10. The molecule has 1 aliphatic carbocycles. The van der Waals surface area contributed by atoms with Crippen LogP contribution >= 0.6 is 0 Å². The first-order chi connectivity index (χ1) is 29.7. The summed E-state index contributed by atoms with van der Waals surface area (Å²) in [6.07, 6.45) is 16.8. The Hall–Kier alpha value is -2.96. The van der Waals surface area contributed by atoms with Crippen molar-refractivity contribution in [1.82, 2.24) is 4.90 Å². The van der Waals surface area contributed by atoms with Crippen LogP contribution in [0.2, 0.25) is 0 Å². The molecule has 2 unspecified atom stereocenters. The van der Waals surface area contributed by atoms with Gasteiger partial charge < -0.3 is 34.4 Å². The van der Waals surface area contributed by atoms with Gasteiger partial charge in [0.15, 0.2) is 0 Å². The molecule has 5 aliphatic rings. The third-order valence-corrected chi connectivity index (χ3v) is 15.6. The number of carbonyl (C=O) groups is 4. The van der Waals surface area contributed by atoms with Crippen molar-refractivity contribution in [3.8, 4) is 0 Å². The van der Waals surface area contributed by atoms with E-state index in [-0.39, 0.29) is 66.4 Å². The molecule has 4 fully saturated rings. The molecule has 3 saturated heterocycles. The Morgan fingerprint density at radius 1 is 0.841 bits per heavy atom. The summed E-state index contributed by atoms with van der Waals surface area (Å²) in [4.78, 5) is 58.5. The van der Waals surface area contributed by atoms with Crippen LogP contribution in [-0.4, -0.2) is 98.7 Å². The van der Waals surface area contributed by atoms with Crippen LogP contribution in [0.3, 0.4) is 0 Å². The fourth-order valence-electron chi connectivity index (χ4n) is 10.9. The predicted octanol–water partition coefficient (Wildman–Crippen LogP) is 8.24. The molecule has 11 nitrogen and oxygen atoms in total. The van der Waals surface area contributed by atoms with E-state index in [0.717, 1.165) is 24.8 Å². The van der Waals surface area contributed by atoms with Crippen molar-refractivity contribution in [3.05, 3.63) is 47.6 Å². The number of hydrogen-bond acceptors (Lipinski definition) is 10. The van der Waals surface area contributed by atoms with E-state index >= 15 is 0 Å². The van der Waals surface area contributed by atoms with E-state index in [1.807, 2.05) is 39.0 Å². The quantitative estimate of drug-likeness (QED) is 0.143. The van der Waals surface area contributed by atoms with Crippen molar-refractivity contribution in [2.24, 2.45) is 53.3 Å². The van der Waals surface area contributed by atoms with Crippen LogP contribution in [0.4, 0.5) is 0 Å². The van der Waals surface area contributed by atoms with Gasteiger partial charge in [-0.15, -0.1) is 0 Å². The lowest BCUT2D eigenvalue weighted by atomic mass is 9.75. The van der Waals surface area contributed by atoms with Gasteiger partial charge in [0.05, 0.1) is 24.9 Å². The lowest BCUT2D eigenvalue weighted by Crippen LogP contribution is -2.65. The molecule has 1 amide bonds. The number of fused-ring (bicyclic) bond motifs is 4. The number of epoxide rings is 1. The average Bonchev–Trinajstić information content (AvgIpc) is 4.07. The number of allylic oxidation sites excluding steroid dienone is 7. The Balaban J connectivity index is 1.46. The molecule has 0 aromatic rings. The van der Waals surface area contributed by atoms with Crippen LogP contribution in [0.1, 0.15) is 146 Å². The van der Waals surface area contributed by atoms with Crippen LogP contribution in [0.25, 0.3) is 0 Å². The van der Waals surface area contributed by atoms with Crippen LogP contribution in [0.15, 0.2) is 47.6 Å². The van der Waals surface area contributed by atoms with Crippen LogP contribution in [-0.2, 0) is 33.4 Å². The maximum atomic E-state index is 14.8. The van der Waals surface area contributed by atoms with Gasteiger partial charge in [0.25, 0.3) is 5.91 Å². The van der Waals surface area contributed by atoms with Gasteiger partial charge in [-0.05, 0) is 120 Å². The maximum Gasteiger partial charge on any atom is 0.329 e. The second-order valence-corrected chi connectivity index (χ2v) is 20.9. The van der Waals surface area contributed by atoms with Crippen LogP contribution in [0, 0.1) is 53.3 Å². The first-order valence-corrected chi connectivity index (χ1v) is 24.4. The normalized spacial score (nSPS) is 44.3. The van der Waals surface area contributed by atoms with Crippen molar-refractivity contribution >= 4 is 23.4 Å². The fraction of sp³-hybridized carbons (Fsp3) is 0.769. The molecular weight excluding hydrogens is 799 g/mol. The zero-order valence-electron chi connectivity index (χ0n) is 40.1. The number of Topliss-reactive ketones (excluding diaryl/α,β-unsaturated/α-hetero) is 2. The number of ketones is 2. The standard InChI is InChI=1S/C52H81NO10/c1-31-16-12-11-13-17-32(2)33(3)28-42-21-19-39(9)52(60,63-42)51(30-61-51)50(59)53-23-15-14-18-43(53)49(58)62-46(36(6)27-41-20-22-44(54)35(5)26-41)29-45(55)34(4)25-38(8)48(57)40(10)47(56)37(7)24-31/h11-13,16-17,25,31,33-37,39-44,46,48,54,57,60H,14-15,18-24,26-30H2,1-10H3/b13-11+,16-12+,32-17+,38-25+/t31-,33+,34-,35-,36-,37-,39-,40+,41-,42+,43?,44-,46+,48-,51?,52-/m1/s1. The largest absolute Gasteiger partial charge is 0.460 e. The molecule has 3 N–H and O–H groups in total. The number of nitrogens with zero attached hydrogens (tertiary/aromatic N) is 1. The van der Waals surface area contributed by atoms with Crippen molar-refractivity contribution in [2.45, 2.75) is 188 Å². The van der Waals surface area contributed by atoms with E-state index in [2.05, 4.69) is 39.8 Å². The summed E-state index contributed by atoms with van der Waals surface area (Å²) >= 11 is 0. The molecule has 1 spiro atoms. The van der Waals surface area contributed by atoms with Crippen molar-refractivity contribution in [2.75, 3.05) is 13.2 Å². The average molecular weight is 880 g/mol. The predicted molar refractivity (Wildman–Crippen MR) is 244 cm³/mol. The summed E-state index contributed by atoms with van der Waals surface area (Å²) in [5.74, 6) is -4.60. The molecule has 63 heavy (non-hydrogen) atoms. The molecule has 11 heteroatoms. The number of carbonyl (C=O) groups excluding carboxylic acids is 4. The third kappa shape index (κ3) is 12.3. The third-order valence-electron chi connectivity index (χ3n) is 15.6. The second kappa shape index (κ2) is 22.0. The summed E-state index contributed by atoms with van der Waals surface area (Å²) in [7, 11) is 0. The summed E-state index contributed by atoms with van der Waals surface area (Å²) in [6, 6.07) is -0.925. The molecule has 1 saturated carbocycles. The highest BCUT2D eigenvalue weighted by Gasteiger charge is 2.72. The highest BCUT2D eigenvalue weighted by atomic mass is 16.7. The maximum absolute atomic E-state index is 14.8. The number of cyclic esters (lactones) is 1. The van der Waals surface area contributed by atoms with Crippen molar-refractivity contribution in [1.29, 1.82) is 0 Å². The number of hydrogen-bond donors (Lipinski definition) is 3. The number of amides is 1. The molecule has 4 heterocycles. The van der Waals surface area contributed by atoms with Gasteiger partial charge in [-0.1, -0.05) is 97.4 Å². The number of piperidine rings is 1. The van der Waals surface area contributed by atoms with Gasteiger partial charge in [0, 0.05) is 36.6 Å². The Kier molecular flexibility index (Phi) is 17.8. The summed E-state index contributed by atoms with van der Waals surface area (Å²) in [6.45, 7) is 19.7. The van der Waals surface area contributed by atoms with Gasteiger partial charge in [-0.3, -0.25) is 14.4 Å². The molecule has 2 bridgehead atoms. The number of esters is 1. The van der Waals surface area contributed by atoms with Gasteiger partial charge in [0.1, 0.15) is 23.7 Å². The minimum Gasteiger partial charge on any atom is -0.460 e. The number of ether oxygens (including phenoxy) is 3. The molecule has 354 valence electrons. The summed E-state index contributed by atoms with van der Waals surface area (Å²) in [5, 5.41) is 34.2. The Morgan fingerprint density at radius 2 is 1.56 bits per heavy atom. The lowest BCUT2D eigenvalue weighted by molar-refractivity contribution is -0.308. The van der Waals surface area contributed by atoms with E-state index in [1.165, 1.54) is 4.90 Å². The minimum atomic E-state index is -1.89. The molecule has 0 aromatic heterocycles. The zero-order chi connectivity index (χ0) is 46.4. The topological polar surface area (TPSA) is 163 Å². The van der Waals surface area contributed by atoms with Gasteiger partial charge in [0.2, 0.25) is 11.4 Å². The first kappa shape index (κ1) is 51.0. The smallest absolute Gasteiger partial charge is 0.329 e. The number of rotatable bonds is 3. The fourth-order valence-corrected chi connectivity index (χ4v) is 10.9. The molecule has 0 aromatic carbocycles. The van der Waals surface area contributed by atoms with Gasteiger partial charge >= 0.3 is 5.97 Å². The van der Waals surface area contributed by atoms with E-state index in [4.69, 9.17) is 14.2 Å². The van der Waals surface area contributed by atoms with E-state index < -0.39 is 59.3 Å². The highest BCUT2D eigenvalue weighted by molar-refractivity contribution is 5.93. The van der Waals surface area contributed by atoms with Crippen molar-refractivity contribution < 1.29 is 48.7 Å². The Morgan fingerprint density at radius 3 is 2.24 bits per heavy atom. The Labute approximate surface area is 378 Å². The molecule has 0 radical (unpaired) electrons. The number of aliphatic hydroxyl groups is 3. The summed E-state index contributed by atoms with van der Waals surface area (Å²) in [5.41, 5.74) is 0.0480. The first-order valence-electron chi connectivity index (χ1n) is 24.4. The Bertz CT molecular complexity index is 1730. The van der Waals surface area contributed by atoms with E-state index in [1.54, 1.807) is 26.8 Å². The van der Waals surface area contributed by atoms with E-state index in [9.17, 15) is 34.5 Å². The monoisotopic (exact) mass is 880 g/mol. The second-order valence-electron chi connectivity index (χ2n) is 20.9.